The van der Waals surface area contributed by atoms with Gasteiger partial charge in [-0.1, -0.05) is 17.7 Å². The lowest BCUT2D eigenvalue weighted by molar-refractivity contribution is 0.0870. The number of likely N-dealkylation sites (N-methyl/N-ethyl adjacent to an activating group) is 1. The number of nitrogens with zero attached hydrogens (tertiary/aromatic N) is 3. The fourth-order valence-electron chi connectivity index (χ4n) is 2.51. The maximum absolute atomic E-state index is 12.5. The van der Waals surface area contributed by atoms with Gasteiger partial charge in [0.2, 0.25) is 5.78 Å². The molecule has 130 valence electrons. The quantitative estimate of drug-likeness (QED) is 0.773. The molecule has 2 heterocycles. The topological polar surface area (TPSA) is 82.6 Å². The standard InChI is InChI=1S/C17H18ClN5O2/c1-23-14(22-10-11-3-4-13(25-2)12(18)9-11)5-6-21-17(23)15(24)16-19-7-8-20-16/h3-9,17,22H,10H2,1-2H3,(H,19,20). The molecule has 1 aromatic heterocycles. The minimum absolute atomic E-state index is 0.191. The number of benzene rings is 1. The first kappa shape index (κ1) is 17.0. The van der Waals surface area contributed by atoms with Crippen LogP contribution in [0.3, 0.4) is 0 Å². The smallest absolute Gasteiger partial charge is 0.242 e. The number of allylic oxidation sites excluding steroid dienone is 1. The molecule has 8 heteroatoms. The Hall–Kier alpha value is -2.80. The summed E-state index contributed by atoms with van der Waals surface area (Å²) in [5.41, 5.74) is 0.997. The number of nitrogens with one attached hydrogen (secondary N) is 2. The molecule has 1 aliphatic rings. The number of imidazole rings is 1. The lowest BCUT2D eigenvalue weighted by atomic mass is 10.2. The van der Waals surface area contributed by atoms with Crippen molar-refractivity contribution in [1.82, 2.24) is 20.2 Å². The van der Waals surface area contributed by atoms with Crippen LogP contribution in [0.5, 0.6) is 5.75 Å². The van der Waals surface area contributed by atoms with Crippen molar-refractivity contribution in [2.75, 3.05) is 14.2 Å². The fraction of sp³-hybridized carbons (Fsp3) is 0.235. The average Bonchev–Trinajstić information content (AvgIpc) is 3.15. The van der Waals surface area contributed by atoms with E-state index in [1.54, 1.807) is 30.6 Å². The van der Waals surface area contributed by atoms with Gasteiger partial charge in [-0.2, -0.15) is 0 Å². The summed E-state index contributed by atoms with van der Waals surface area (Å²) in [4.78, 5) is 25.3. The first-order valence-electron chi connectivity index (χ1n) is 7.66. The van der Waals surface area contributed by atoms with Crippen molar-refractivity contribution in [1.29, 1.82) is 0 Å². The zero-order chi connectivity index (χ0) is 17.8. The van der Waals surface area contributed by atoms with Crippen molar-refractivity contribution >= 4 is 23.6 Å². The second-order valence-corrected chi connectivity index (χ2v) is 5.87. The van der Waals surface area contributed by atoms with Crippen molar-refractivity contribution in [3.05, 3.63) is 58.9 Å². The zero-order valence-electron chi connectivity index (χ0n) is 13.9. The van der Waals surface area contributed by atoms with E-state index in [1.807, 2.05) is 31.3 Å². The third kappa shape index (κ3) is 3.66. The summed E-state index contributed by atoms with van der Waals surface area (Å²) in [6, 6.07) is 5.60. The summed E-state index contributed by atoms with van der Waals surface area (Å²) in [5.74, 6) is 1.52. The normalized spacial score (nSPS) is 16.5. The number of hydrogen-bond donors (Lipinski definition) is 2. The molecule has 1 atom stereocenters. The van der Waals surface area contributed by atoms with E-state index in [2.05, 4.69) is 20.3 Å². The number of methoxy groups -OCH3 is 1. The van der Waals surface area contributed by atoms with Crippen LogP contribution in [0.4, 0.5) is 0 Å². The summed E-state index contributed by atoms with van der Waals surface area (Å²) in [6.45, 7) is 0.551. The Morgan fingerprint density at radius 1 is 1.48 bits per heavy atom. The molecule has 0 saturated heterocycles. The maximum Gasteiger partial charge on any atom is 0.242 e. The zero-order valence-corrected chi connectivity index (χ0v) is 14.6. The second-order valence-electron chi connectivity index (χ2n) is 5.46. The summed E-state index contributed by atoms with van der Waals surface area (Å²) >= 11 is 6.15. The highest BCUT2D eigenvalue weighted by molar-refractivity contribution is 6.32. The highest BCUT2D eigenvalue weighted by Crippen LogP contribution is 2.25. The number of carbonyl (C=O) groups excluding carboxylic acids is 1. The minimum atomic E-state index is -0.655. The Labute approximate surface area is 150 Å². The SMILES string of the molecule is COc1ccc(CNC2=CC=NC(C(=O)c3ncc[nH]3)N2C)cc1Cl. The molecule has 2 aromatic rings. The van der Waals surface area contributed by atoms with Gasteiger partial charge in [0.05, 0.1) is 12.1 Å². The van der Waals surface area contributed by atoms with Crippen LogP contribution < -0.4 is 10.1 Å². The highest BCUT2D eigenvalue weighted by Gasteiger charge is 2.28. The van der Waals surface area contributed by atoms with Gasteiger partial charge >= 0.3 is 0 Å². The molecule has 0 fully saturated rings. The first-order chi connectivity index (χ1) is 12.1. The number of Topliss-reactive ketones (excluding diaryl/α,β-unsaturated/α-hetero) is 1. The molecule has 0 radical (unpaired) electrons. The molecule has 0 spiro atoms. The molecule has 0 aliphatic carbocycles. The minimum Gasteiger partial charge on any atom is -0.495 e. The Morgan fingerprint density at radius 2 is 2.32 bits per heavy atom. The van der Waals surface area contributed by atoms with Crippen LogP contribution in [0.15, 0.2) is 47.5 Å². The molecule has 1 aromatic carbocycles. The van der Waals surface area contributed by atoms with Gasteiger partial charge in [-0.3, -0.25) is 9.79 Å². The van der Waals surface area contributed by atoms with E-state index in [0.29, 0.717) is 17.3 Å². The van der Waals surface area contributed by atoms with Crippen molar-refractivity contribution in [2.24, 2.45) is 4.99 Å². The van der Waals surface area contributed by atoms with Crippen LogP contribution in [0.1, 0.15) is 16.2 Å². The number of hydrogen-bond acceptors (Lipinski definition) is 6. The van der Waals surface area contributed by atoms with E-state index < -0.39 is 6.17 Å². The van der Waals surface area contributed by atoms with Crippen LogP contribution in [0, 0.1) is 0 Å². The third-order valence-electron chi connectivity index (χ3n) is 3.86. The van der Waals surface area contributed by atoms with Crippen molar-refractivity contribution < 1.29 is 9.53 Å². The Morgan fingerprint density at radius 3 is 3.00 bits per heavy atom. The van der Waals surface area contributed by atoms with Crippen LogP contribution in [0.2, 0.25) is 5.02 Å². The number of aliphatic imine (C=N–C) groups is 1. The van der Waals surface area contributed by atoms with Crippen LogP contribution in [-0.2, 0) is 6.54 Å². The average molecular weight is 360 g/mol. The molecule has 7 nitrogen and oxygen atoms in total. The Balaban J connectivity index is 1.67. The largest absolute Gasteiger partial charge is 0.495 e. The van der Waals surface area contributed by atoms with Gasteiger partial charge in [0.1, 0.15) is 11.6 Å². The third-order valence-corrected chi connectivity index (χ3v) is 4.16. The van der Waals surface area contributed by atoms with Crippen molar-refractivity contribution in [2.45, 2.75) is 12.7 Å². The molecule has 25 heavy (non-hydrogen) atoms. The van der Waals surface area contributed by atoms with Gasteiger partial charge in [-0.15, -0.1) is 0 Å². The molecule has 1 unspecified atom stereocenters. The molecule has 1 aliphatic heterocycles. The predicted molar refractivity (Wildman–Crippen MR) is 95.9 cm³/mol. The van der Waals surface area contributed by atoms with E-state index in [-0.39, 0.29) is 11.6 Å². The van der Waals surface area contributed by atoms with Gasteiger partial charge in [-0.05, 0) is 23.8 Å². The summed E-state index contributed by atoms with van der Waals surface area (Å²) in [7, 11) is 3.39. The van der Waals surface area contributed by atoms with E-state index in [4.69, 9.17) is 16.3 Å². The Kier molecular flexibility index (Phi) is 5.04. The summed E-state index contributed by atoms with van der Waals surface area (Å²) in [5, 5.41) is 3.85. The van der Waals surface area contributed by atoms with E-state index in [0.717, 1.165) is 11.4 Å². The lowest BCUT2D eigenvalue weighted by Crippen LogP contribution is -2.42. The Bertz CT molecular complexity index is 816. The fourth-order valence-corrected chi connectivity index (χ4v) is 2.79. The molecule has 3 rings (SSSR count). The van der Waals surface area contributed by atoms with E-state index >= 15 is 0 Å². The summed E-state index contributed by atoms with van der Waals surface area (Å²) < 4.78 is 5.15. The van der Waals surface area contributed by atoms with Crippen molar-refractivity contribution in [3.8, 4) is 5.75 Å². The number of aromatic amines is 1. The van der Waals surface area contributed by atoms with Gasteiger partial charge in [0, 0.05) is 32.2 Å². The number of halogens is 1. The molecular formula is C17H18ClN5O2. The molecule has 0 amide bonds. The first-order valence-corrected chi connectivity index (χ1v) is 8.04. The van der Waals surface area contributed by atoms with Gasteiger partial charge in [0.25, 0.3) is 0 Å². The van der Waals surface area contributed by atoms with Crippen LogP contribution in [-0.4, -0.2) is 47.2 Å². The van der Waals surface area contributed by atoms with Crippen LogP contribution in [0.25, 0.3) is 0 Å². The number of ketones is 1. The monoisotopic (exact) mass is 359 g/mol. The molecule has 0 saturated carbocycles. The van der Waals surface area contributed by atoms with Gasteiger partial charge < -0.3 is 19.9 Å². The molecular weight excluding hydrogens is 342 g/mol. The van der Waals surface area contributed by atoms with Crippen molar-refractivity contribution in [3.63, 3.8) is 0 Å². The van der Waals surface area contributed by atoms with Crippen LogP contribution >= 0.6 is 11.6 Å². The number of ether oxygens (including phenoxy) is 1. The lowest BCUT2D eigenvalue weighted by Gasteiger charge is -2.30. The van der Waals surface area contributed by atoms with E-state index in [1.165, 1.54) is 0 Å². The molecule has 2 N–H and O–H groups in total. The number of rotatable bonds is 6. The second kappa shape index (κ2) is 7.40. The predicted octanol–water partition coefficient (Wildman–Crippen LogP) is 2.23. The maximum atomic E-state index is 12.5. The van der Waals surface area contributed by atoms with E-state index in [9.17, 15) is 4.79 Å². The highest BCUT2D eigenvalue weighted by atomic mass is 35.5. The van der Waals surface area contributed by atoms with Gasteiger partial charge in [0.15, 0.2) is 12.0 Å². The van der Waals surface area contributed by atoms with Gasteiger partial charge in [-0.25, -0.2) is 4.98 Å². The number of H-pyrrole nitrogens is 1. The number of aromatic nitrogens is 2. The molecule has 0 bridgehead atoms. The summed E-state index contributed by atoms with van der Waals surface area (Å²) in [6.07, 6.45) is 5.94. The number of carbonyl (C=O) groups is 1.